The number of rotatable bonds is 7. The van der Waals surface area contributed by atoms with Crippen LogP contribution >= 0.6 is 11.6 Å². The maximum Gasteiger partial charge on any atom is 0.231 e. The fourth-order valence-corrected chi connectivity index (χ4v) is 7.24. The van der Waals surface area contributed by atoms with E-state index in [0.29, 0.717) is 30.1 Å². The Labute approximate surface area is 247 Å². The van der Waals surface area contributed by atoms with E-state index in [1.54, 1.807) is 7.11 Å². The molecule has 1 aromatic rings. The van der Waals surface area contributed by atoms with Crippen LogP contribution in [0.2, 0.25) is 5.02 Å². The van der Waals surface area contributed by atoms with Gasteiger partial charge < -0.3 is 14.5 Å². The minimum atomic E-state index is -0.600. The van der Waals surface area contributed by atoms with Crippen LogP contribution in [0, 0.1) is 16.7 Å². The summed E-state index contributed by atoms with van der Waals surface area (Å²) in [5.74, 6) is 0.408. The molecule has 1 saturated carbocycles. The van der Waals surface area contributed by atoms with E-state index in [4.69, 9.17) is 16.3 Å². The molecule has 3 atom stereocenters. The van der Waals surface area contributed by atoms with Crippen molar-refractivity contribution in [2.24, 2.45) is 16.7 Å². The second-order valence-corrected chi connectivity index (χ2v) is 15.4. The Morgan fingerprint density at radius 3 is 2.17 bits per heavy atom. The molecule has 2 aliphatic heterocycles. The van der Waals surface area contributed by atoms with Gasteiger partial charge in [0.2, 0.25) is 11.8 Å². The first-order chi connectivity index (χ1) is 18.6. The molecule has 2 heterocycles. The predicted octanol–water partition coefficient (Wildman–Crippen LogP) is 6.22. The second-order valence-electron chi connectivity index (χ2n) is 15.0. The van der Waals surface area contributed by atoms with Crippen molar-refractivity contribution in [3.8, 4) is 0 Å². The lowest BCUT2D eigenvalue weighted by molar-refractivity contribution is -0.150. The van der Waals surface area contributed by atoms with Crippen LogP contribution in [0.1, 0.15) is 92.1 Å². The third kappa shape index (κ3) is 6.87. The number of hydrogen-bond acceptors (Lipinski definition) is 4. The van der Waals surface area contributed by atoms with Gasteiger partial charge >= 0.3 is 0 Å². The topological polar surface area (TPSA) is 53.1 Å². The Bertz CT molecular complexity index is 1040. The Morgan fingerprint density at radius 1 is 0.975 bits per heavy atom. The first kappa shape index (κ1) is 31.3. The molecule has 1 aliphatic carbocycles. The molecule has 3 fully saturated rings. The molecule has 40 heavy (non-hydrogen) atoms. The largest absolute Gasteiger partial charge is 0.384 e. The Morgan fingerprint density at radius 2 is 1.60 bits per heavy atom. The molecule has 0 bridgehead atoms. The maximum atomic E-state index is 14.2. The van der Waals surface area contributed by atoms with E-state index < -0.39 is 5.41 Å². The smallest absolute Gasteiger partial charge is 0.231 e. The molecule has 6 nitrogen and oxygen atoms in total. The number of ether oxygens (including phenoxy) is 1. The van der Waals surface area contributed by atoms with Gasteiger partial charge in [-0.3, -0.25) is 14.5 Å². The van der Waals surface area contributed by atoms with Gasteiger partial charge in [0.1, 0.15) is 0 Å². The van der Waals surface area contributed by atoms with Crippen LogP contribution in [0.3, 0.4) is 0 Å². The lowest BCUT2D eigenvalue weighted by atomic mass is 9.74. The van der Waals surface area contributed by atoms with Crippen LogP contribution in [0.4, 0.5) is 0 Å². The molecule has 4 rings (SSSR count). The summed E-state index contributed by atoms with van der Waals surface area (Å²) in [6.45, 7) is 18.6. The molecule has 0 aromatic heterocycles. The molecule has 1 unspecified atom stereocenters. The van der Waals surface area contributed by atoms with E-state index in [-0.39, 0.29) is 41.3 Å². The van der Waals surface area contributed by atoms with Crippen molar-refractivity contribution in [1.82, 2.24) is 14.7 Å². The summed E-state index contributed by atoms with van der Waals surface area (Å²) in [5.41, 5.74) is 0.881. The molecule has 0 spiro atoms. The molecule has 0 radical (unpaired) electrons. The summed E-state index contributed by atoms with van der Waals surface area (Å²) >= 11 is 6.20. The summed E-state index contributed by atoms with van der Waals surface area (Å²) in [7, 11) is 1.66. The molecular weight excluding hydrogens is 522 g/mol. The number of carbonyl (C=O) groups is 2. The summed E-state index contributed by atoms with van der Waals surface area (Å²) in [6, 6.07) is 8.29. The lowest BCUT2D eigenvalue weighted by Gasteiger charge is -2.45. The molecule has 0 N–H and O–H groups in total. The second kappa shape index (κ2) is 11.9. The van der Waals surface area contributed by atoms with Gasteiger partial charge in [-0.05, 0) is 89.8 Å². The molecule has 3 aliphatic rings. The van der Waals surface area contributed by atoms with Gasteiger partial charge in [-0.25, -0.2) is 0 Å². The number of likely N-dealkylation sites (tertiary alicyclic amines) is 2. The Kier molecular flexibility index (Phi) is 9.34. The summed E-state index contributed by atoms with van der Waals surface area (Å²) < 4.78 is 5.46. The SMILES string of the molecule is COCC(C)(C)C(=O)N(C1CCC(C)(C)CC1)[C@H]1CCN(C(=O)C2CN(C(C)(C)C)C[C@H]2c2ccc(Cl)cc2)C1. The van der Waals surface area contributed by atoms with E-state index in [0.717, 1.165) is 45.2 Å². The zero-order valence-electron chi connectivity index (χ0n) is 26.1. The standard InChI is InChI=1S/C33H52ClN3O3/c1-31(2,3)36-20-27(23-9-11-24(34)12-10-23)28(21-36)29(38)35-18-15-26(19-35)37(30(39)33(6,7)22-40-8)25-13-16-32(4,5)17-14-25/h9-12,25-28H,13-22H2,1-8H3/t26-,27-,28?/m0/s1. The van der Waals surface area contributed by atoms with Crippen molar-refractivity contribution in [3.05, 3.63) is 34.9 Å². The van der Waals surface area contributed by atoms with E-state index in [1.807, 2.05) is 26.0 Å². The lowest BCUT2D eigenvalue weighted by Crippen LogP contribution is -2.55. The minimum absolute atomic E-state index is 0.0157. The molecular formula is C33H52ClN3O3. The van der Waals surface area contributed by atoms with Crippen molar-refractivity contribution in [2.75, 3.05) is 39.9 Å². The van der Waals surface area contributed by atoms with Gasteiger partial charge in [-0.15, -0.1) is 0 Å². The number of hydrogen-bond donors (Lipinski definition) is 0. The highest BCUT2D eigenvalue weighted by molar-refractivity contribution is 6.30. The Hall–Kier alpha value is -1.63. The molecule has 1 aromatic carbocycles. The van der Waals surface area contributed by atoms with Gasteiger partial charge in [0.05, 0.1) is 24.0 Å². The predicted molar refractivity (Wildman–Crippen MR) is 163 cm³/mol. The normalized spacial score (nSPS) is 26.3. The van der Waals surface area contributed by atoms with Crippen molar-refractivity contribution in [3.63, 3.8) is 0 Å². The molecule has 224 valence electrons. The van der Waals surface area contributed by atoms with Gasteiger partial charge in [-0.1, -0.05) is 37.6 Å². The van der Waals surface area contributed by atoms with Crippen LogP contribution in [-0.4, -0.2) is 84.0 Å². The van der Waals surface area contributed by atoms with Crippen LogP contribution < -0.4 is 0 Å². The number of benzene rings is 1. The summed E-state index contributed by atoms with van der Waals surface area (Å²) in [4.78, 5) is 35.0. The van der Waals surface area contributed by atoms with Crippen molar-refractivity contribution in [2.45, 2.75) is 104 Å². The van der Waals surface area contributed by atoms with Crippen molar-refractivity contribution >= 4 is 23.4 Å². The average Bonchev–Trinajstić information content (AvgIpc) is 3.53. The minimum Gasteiger partial charge on any atom is -0.384 e. The third-order valence-corrected chi connectivity index (χ3v) is 10.0. The molecule has 7 heteroatoms. The van der Waals surface area contributed by atoms with Gasteiger partial charge in [0.15, 0.2) is 0 Å². The number of nitrogens with zero attached hydrogens (tertiary/aromatic N) is 3. The fourth-order valence-electron chi connectivity index (χ4n) is 7.12. The highest BCUT2D eigenvalue weighted by atomic mass is 35.5. The molecule has 2 amide bonds. The van der Waals surface area contributed by atoms with E-state index >= 15 is 0 Å². The van der Waals surface area contributed by atoms with Crippen LogP contribution in [-0.2, 0) is 14.3 Å². The van der Waals surface area contributed by atoms with E-state index in [9.17, 15) is 9.59 Å². The fraction of sp³-hybridized carbons (Fsp3) is 0.758. The summed E-state index contributed by atoms with van der Waals surface area (Å²) in [6.07, 6.45) is 5.12. The third-order valence-electron chi connectivity index (χ3n) is 9.77. The van der Waals surface area contributed by atoms with Crippen LogP contribution in [0.25, 0.3) is 0 Å². The van der Waals surface area contributed by atoms with Gasteiger partial charge in [-0.2, -0.15) is 0 Å². The number of methoxy groups -OCH3 is 1. The van der Waals surface area contributed by atoms with Crippen LogP contribution in [0.15, 0.2) is 24.3 Å². The first-order valence-corrected chi connectivity index (χ1v) is 15.6. The van der Waals surface area contributed by atoms with Gasteiger partial charge in [0.25, 0.3) is 0 Å². The van der Waals surface area contributed by atoms with Crippen molar-refractivity contribution in [1.29, 1.82) is 0 Å². The van der Waals surface area contributed by atoms with E-state index in [1.165, 1.54) is 5.56 Å². The maximum absolute atomic E-state index is 14.2. The number of carbonyl (C=O) groups excluding carboxylic acids is 2. The highest BCUT2D eigenvalue weighted by Gasteiger charge is 2.47. The summed E-state index contributed by atoms with van der Waals surface area (Å²) in [5, 5.41) is 0.715. The number of halogens is 1. The quantitative estimate of drug-likeness (QED) is 0.388. The van der Waals surface area contributed by atoms with Crippen molar-refractivity contribution < 1.29 is 14.3 Å². The van der Waals surface area contributed by atoms with Crippen LogP contribution in [0.5, 0.6) is 0 Å². The number of amides is 2. The average molecular weight is 574 g/mol. The van der Waals surface area contributed by atoms with E-state index in [2.05, 4.69) is 61.5 Å². The Balaban J connectivity index is 1.55. The zero-order chi connectivity index (χ0) is 29.5. The first-order valence-electron chi connectivity index (χ1n) is 15.2. The zero-order valence-corrected chi connectivity index (χ0v) is 26.9. The highest BCUT2D eigenvalue weighted by Crippen LogP contribution is 2.41. The molecule has 2 saturated heterocycles. The monoisotopic (exact) mass is 573 g/mol. The van der Waals surface area contributed by atoms with Gasteiger partial charge in [0, 0.05) is 55.8 Å².